The van der Waals surface area contributed by atoms with Crippen molar-refractivity contribution >= 4 is 35.6 Å². The van der Waals surface area contributed by atoms with Crippen molar-refractivity contribution in [1.29, 1.82) is 0 Å². The van der Waals surface area contributed by atoms with E-state index in [1.807, 2.05) is 28.8 Å². The standard InChI is InChI=1S/C23H30N6.HI/c1-2-24-23(25-16-15-22-28-27-21-10-6-7-17-29(21)22)26-20-13-11-19(12-14-20)18-8-4-3-5-9-18;/h3-10,17,19-20H,2,11-16H2,1H3,(H2,24,25,26);1H. The van der Waals surface area contributed by atoms with E-state index in [4.69, 9.17) is 4.99 Å². The molecule has 1 saturated carbocycles. The molecule has 7 heteroatoms. The van der Waals surface area contributed by atoms with Crippen LogP contribution in [0, 0.1) is 0 Å². The molecule has 0 unspecified atom stereocenters. The van der Waals surface area contributed by atoms with Crippen LogP contribution in [0.15, 0.2) is 59.7 Å². The van der Waals surface area contributed by atoms with E-state index in [1.54, 1.807) is 0 Å². The Morgan fingerprint density at radius 2 is 1.80 bits per heavy atom. The first-order chi connectivity index (χ1) is 14.3. The summed E-state index contributed by atoms with van der Waals surface area (Å²) in [6.07, 6.45) is 7.59. The highest BCUT2D eigenvalue weighted by Crippen LogP contribution is 2.32. The summed E-state index contributed by atoms with van der Waals surface area (Å²) in [6, 6.07) is 17.3. The summed E-state index contributed by atoms with van der Waals surface area (Å²) in [5.41, 5.74) is 2.36. The number of aromatic nitrogens is 3. The fourth-order valence-corrected chi connectivity index (χ4v) is 4.14. The zero-order chi connectivity index (χ0) is 19.9. The molecule has 1 aliphatic rings. The van der Waals surface area contributed by atoms with E-state index in [2.05, 4.69) is 58.1 Å². The molecule has 160 valence electrons. The molecule has 1 aromatic carbocycles. The number of pyridine rings is 1. The van der Waals surface area contributed by atoms with E-state index in [0.717, 1.165) is 30.4 Å². The van der Waals surface area contributed by atoms with Crippen molar-refractivity contribution in [2.75, 3.05) is 13.1 Å². The van der Waals surface area contributed by atoms with Gasteiger partial charge < -0.3 is 10.6 Å². The Morgan fingerprint density at radius 1 is 1.03 bits per heavy atom. The highest BCUT2D eigenvalue weighted by atomic mass is 127. The quantitative estimate of drug-likeness (QED) is 0.292. The Labute approximate surface area is 195 Å². The molecule has 30 heavy (non-hydrogen) atoms. The first-order valence-corrected chi connectivity index (χ1v) is 10.7. The maximum absolute atomic E-state index is 4.78. The zero-order valence-electron chi connectivity index (χ0n) is 17.5. The van der Waals surface area contributed by atoms with Crippen molar-refractivity contribution in [2.24, 2.45) is 4.99 Å². The molecule has 0 radical (unpaired) electrons. The Morgan fingerprint density at radius 3 is 2.57 bits per heavy atom. The van der Waals surface area contributed by atoms with Gasteiger partial charge in [0.15, 0.2) is 11.6 Å². The van der Waals surface area contributed by atoms with Gasteiger partial charge in [0.1, 0.15) is 5.82 Å². The van der Waals surface area contributed by atoms with Gasteiger partial charge in [0.05, 0.1) is 0 Å². The van der Waals surface area contributed by atoms with Crippen molar-refractivity contribution in [1.82, 2.24) is 25.2 Å². The summed E-state index contributed by atoms with van der Waals surface area (Å²) in [5.74, 6) is 2.54. The molecule has 0 saturated heterocycles. The van der Waals surface area contributed by atoms with Gasteiger partial charge in [-0.2, -0.15) is 0 Å². The Bertz CT molecular complexity index is 931. The van der Waals surface area contributed by atoms with Crippen LogP contribution in [0.5, 0.6) is 0 Å². The van der Waals surface area contributed by atoms with Crippen molar-refractivity contribution in [3.8, 4) is 0 Å². The molecule has 2 N–H and O–H groups in total. The molecule has 2 heterocycles. The summed E-state index contributed by atoms with van der Waals surface area (Å²) in [7, 11) is 0. The summed E-state index contributed by atoms with van der Waals surface area (Å²) in [6.45, 7) is 3.65. The molecule has 1 fully saturated rings. The van der Waals surface area contributed by atoms with Crippen molar-refractivity contribution in [3.05, 3.63) is 66.1 Å². The van der Waals surface area contributed by atoms with Crippen LogP contribution in [0.4, 0.5) is 0 Å². The van der Waals surface area contributed by atoms with E-state index < -0.39 is 0 Å². The number of fused-ring (bicyclic) bond motifs is 1. The molecule has 4 rings (SSSR count). The van der Waals surface area contributed by atoms with Gasteiger partial charge >= 0.3 is 0 Å². The van der Waals surface area contributed by atoms with Crippen LogP contribution in [0.3, 0.4) is 0 Å². The number of nitrogens with one attached hydrogen (secondary N) is 2. The predicted octanol–water partition coefficient (Wildman–Crippen LogP) is 4.17. The van der Waals surface area contributed by atoms with Gasteiger partial charge in [-0.05, 0) is 56.2 Å². The first-order valence-electron chi connectivity index (χ1n) is 10.7. The molecular formula is C23H31IN6. The number of nitrogens with zero attached hydrogens (tertiary/aromatic N) is 4. The average Bonchev–Trinajstić information content (AvgIpc) is 3.18. The minimum Gasteiger partial charge on any atom is -0.357 e. The maximum Gasteiger partial charge on any atom is 0.191 e. The summed E-state index contributed by atoms with van der Waals surface area (Å²) in [5, 5.41) is 15.5. The van der Waals surface area contributed by atoms with Gasteiger partial charge in [-0.15, -0.1) is 34.2 Å². The highest BCUT2D eigenvalue weighted by molar-refractivity contribution is 14.0. The number of aliphatic imine (C=N–C) groups is 1. The van der Waals surface area contributed by atoms with Crippen LogP contribution >= 0.6 is 24.0 Å². The van der Waals surface area contributed by atoms with Gasteiger partial charge in [0.25, 0.3) is 0 Å². The number of benzene rings is 1. The van der Waals surface area contributed by atoms with Crippen LogP contribution in [0.1, 0.15) is 49.9 Å². The highest BCUT2D eigenvalue weighted by Gasteiger charge is 2.22. The Balaban J connectivity index is 0.00000256. The minimum atomic E-state index is 0. The van der Waals surface area contributed by atoms with Gasteiger partial charge in [-0.25, -0.2) is 0 Å². The molecule has 0 atom stereocenters. The number of hydrogen-bond donors (Lipinski definition) is 2. The smallest absolute Gasteiger partial charge is 0.191 e. The number of halogens is 1. The Hall–Kier alpha value is -2.16. The fourth-order valence-electron chi connectivity index (χ4n) is 4.14. The second-order valence-corrected chi connectivity index (χ2v) is 7.66. The molecule has 0 spiro atoms. The largest absolute Gasteiger partial charge is 0.357 e. The van der Waals surface area contributed by atoms with E-state index in [1.165, 1.54) is 31.2 Å². The zero-order valence-corrected chi connectivity index (χ0v) is 19.8. The monoisotopic (exact) mass is 518 g/mol. The van der Waals surface area contributed by atoms with Crippen LogP contribution in [-0.4, -0.2) is 39.7 Å². The number of guanidine groups is 1. The summed E-state index contributed by atoms with van der Waals surface area (Å²) >= 11 is 0. The molecule has 0 amide bonds. The third-order valence-electron chi connectivity index (χ3n) is 5.67. The minimum absolute atomic E-state index is 0. The van der Waals surface area contributed by atoms with E-state index >= 15 is 0 Å². The van der Waals surface area contributed by atoms with Gasteiger partial charge in [0, 0.05) is 31.7 Å². The molecule has 0 aliphatic heterocycles. The molecular weight excluding hydrogens is 487 g/mol. The van der Waals surface area contributed by atoms with Gasteiger partial charge in [-0.1, -0.05) is 36.4 Å². The third-order valence-corrected chi connectivity index (χ3v) is 5.67. The van der Waals surface area contributed by atoms with E-state index in [9.17, 15) is 0 Å². The predicted molar refractivity (Wildman–Crippen MR) is 133 cm³/mol. The van der Waals surface area contributed by atoms with Crippen LogP contribution in [0.2, 0.25) is 0 Å². The molecule has 1 aliphatic carbocycles. The van der Waals surface area contributed by atoms with Crippen LogP contribution in [0.25, 0.3) is 5.65 Å². The molecule has 0 bridgehead atoms. The average molecular weight is 518 g/mol. The topological polar surface area (TPSA) is 66.6 Å². The molecule has 6 nitrogen and oxygen atoms in total. The second-order valence-electron chi connectivity index (χ2n) is 7.66. The normalized spacial score (nSPS) is 19.3. The summed E-state index contributed by atoms with van der Waals surface area (Å²) in [4.78, 5) is 4.78. The lowest BCUT2D eigenvalue weighted by molar-refractivity contribution is 0.371. The van der Waals surface area contributed by atoms with Crippen LogP contribution < -0.4 is 10.6 Å². The molecule has 3 aromatic rings. The van der Waals surface area contributed by atoms with Crippen molar-refractivity contribution < 1.29 is 0 Å². The second kappa shape index (κ2) is 11.3. The lowest BCUT2D eigenvalue weighted by Crippen LogP contribution is -2.44. The third kappa shape index (κ3) is 5.71. The lowest BCUT2D eigenvalue weighted by atomic mass is 9.82. The SMILES string of the molecule is CCNC(=NCCc1nnc2ccccn12)NC1CCC(c2ccccc2)CC1.I. The fraction of sp³-hybridized carbons (Fsp3) is 0.435. The van der Waals surface area contributed by atoms with Gasteiger partial charge in [0.2, 0.25) is 0 Å². The van der Waals surface area contributed by atoms with Gasteiger partial charge in [-0.3, -0.25) is 9.39 Å². The number of rotatable bonds is 6. The Kier molecular flexibility index (Phi) is 8.48. The van der Waals surface area contributed by atoms with Crippen molar-refractivity contribution in [3.63, 3.8) is 0 Å². The lowest BCUT2D eigenvalue weighted by Gasteiger charge is -2.30. The van der Waals surface area contributed by atoms with Crippen LogP contribution in [-0.2, 0) is 6.42 Å². The summed E-state index contributed by atoms with van der Waals surface area (Å²) < 4.78 is 2.03. The number of hydrogen-bond acceptors (Lipinski definition) is 3. The first kappa shape index (κ1) is 22.5. The molecule has 2 aromatic heterocycles. The van der Waals surface area contributed by atoms with Crippen molar-refractivity contribution in [2.45, 2.75) is 51.0 Å². The van der Waals surface area contributed by atoms with E-state index in [-0.39, 0.29) is 24.0 Å². The van der Waals surface area contributed by atoms with E-state index in [0.29, 0.717) is 18.5 Å². The maximum atomic E-state index is 4.78.